The first-order valence-electron chi connectivity index (χ1n) is 6.26. The zero-order valence-corrected chi connectivity index (χ0v) is 11.4. The molecule has 1 aromatic rings. The van der Waals surface area contributed by atoms with E-state index >= 15 is 0 Å². The number of benzene rings is 1. The molecule has 0 aliphatic heterocycles. The second-order valence-corrected chi connectivity index (χ2v) is 5.85. The van der Waals surface area contributed by atoms with Gasteiger partial charge in [-0.15, -0.1) is 0 Å². The van der Waals surface area contributed by atoms with Gasteiger partial charge in [0.05, 0.1) is 0 Å². The number of hydrogen-bond acceptors (Lipinski definition) is 3. The van der Waals surface area contributed by atoms with E-state index in [1.807, 2.05) is 36.9 Å². The molecule has 0 aromatic heterocycles. The molecule has 2 atom stereocenters. The molecule has 1 fully saturated rings. The van der Waals surface area contributed by atoms with Gasteiger partial charge in [0.25, 0.3) is 0 Å². The van der Waals surface area contributed by atoms with Crippen molar-refractivity contribution in [3.63, 3.8) is 0 Å². The van der Waals surface area contributed by atoms with Crippen LogP contribution in [0.2, 0.25) is 0 Å². The number of aryl methyl sites for hydroxylation is 1. The number of phenolic OH excluding ortho intramolecular Hbond substituents is 1. The molecule has 94 valence electrons. The van der Waals surface area contributed by atoms with Crippen LogP contribution in [0.4, 0.5) is 0 Å². The van der Waals surface area contributed by atoms with Crippen LogP contribution >= 0.6 is 11.8 Å². The van der Waals surface area contributed by atoms with Crippen LogP contribution in [0.25, 0.3) is 0 Å². The Morgan fingerprint density at radius 2 is 2.24 bits per heavy atom. The van der Waals surface area contributed by atoms with Gasteiger partial charge in [-0.25, -0.2) is 0 Å². The molecule has 0 heterocycles. The van der Waals surface area contributed by atoms with Crippen molar-refractivity contribution in [3.8, 4) is 5.75 Å². The molecule has 1 aliphatic rings. The summed E-state index contributed by atoms with van der Waals surface area (Å²) in [6, 6.07) is 6.55. The summed E-state index contributed by atoms with van der Waals surface area (Å²) >= 11 is 1.96. The molecule has 2 nitrogen and oxygen atoms in total. The molecule has 2 N–H and O–H groups in total. The van der Waals surface area contributed by atoms with Gasteiger partial charge in [-0.3, -0.25) is 0 Å². The fourth-order valence-corrected chi connectivity index (χ4v) is 3.51. The number of rotatable bonds is 4. The molecule has 17 heavy (non-hydrogen) atoms. The Balaban J connectivity index is 1.95. The van der Waals surface area contributed by atoms with Crippen LogP contribution in [0.15, 0.2) is 18.2 Å². The highest BCUT2D eigenvalue weighted by Crippen LogP contribution is 2.29. The van der Waals surface area contributed by atoms with Crippen molar-refractivity contribution in [3.05, 3.63) is 29.3 Å². The third-order valence-electron chi connectivity index (χ3n) is 3.63. The largest absolute Gasteiger partial charge is 0.507 e. The molecule has 0 spiro atoms. The first kappa shape index (κ1) is 12.8. The van der Waals surface area contributed by atoms with E-state index in [9.17, 15) is 5.11 Å². The summed E-state index contributed by atoms with van der Waals surface area (Å²) in [6.07, 6.45) is 6.09. The van der Waals surface area contributed by atoms with E-state index < -0.39 is 0 Å². The minimum absolute atomic E-state index is 0.443. The molecule has 2 unspecified atom stereocenters. The Bertz CT molecular complexity index is 380. The summed E-state index contributed by atoms with van der Waals surface area (Å²) in [7, 11) is 0. The fraction of sp³-hybridized carbons (Fsp3) is 0.571. The van der Waals surface area contributed by atoms with E-state index in [1.54, 1.807) is 0 Å². The summed E-state index contributed by atoms with van der Waals surface area (Å²) in [5.41, 5.74) is 1.97. The van der Waals surface area contributed by atoms with Gasteiger partial charge >= 0.3 is 0 Å². The van der Waals surface area contributed by atoms with Crippen molar-refractivity contribution in [1.82, 2.24) is 5.32 Å². The van der Waals surface area contributed by atoms with Crippen LogP contribution < -0.4 is 5.32 Å². The number of nitrogens with one attached hydrogen (secondary N) is 1. The SMILES string of the molecule is CSC1CCCC1NCc1cccc(C)c1O. The third-order valence-corrected chi connectivity index (χ3v) is 4.80. The number of hydrogen-bond donors (Lipinski definition) is 2. The second-order valence-electron chi connectivity index (χ2n) is 4.78. The molecule has 0 amide bonds. The van der Waals surface area contributed by atoms with E-state index in [1.165, 1.54) is 19.3 Å². The van der Waals surface area contributed by atoms with E-state index in [2.05, 4.69) is 11.6 Å². The topological polar surface area (TPSA) is 32.3 Å². The Morgan fingerprint density at radius 1 is 1.41 bits per heavy atom. The summed E-state index contributed by atoms with van der Waals surface area (Å²) in [5.74, 6) is 0.443. The zero-order chi connectivity index (χ0) is 12.3. The van der Waals surface area contributed by atoms with Crippen LogP contribution in [0.3, 0.4) is 0 Å². The van der Waals surface area contributed by atoms with Gasteiger partial charge in [0, 0.05) is 23.4 Å². The number of phenols is 1. The zero-order valence-electron chi connectivity index (χ0n) is 10.6. The monoisotopic (exact) mass is 251 g/mol. The average Bonchev–Trinajstić information content (AvgIpc) is 2.78. The number of thioether (sulfide) groups is 1. The minimum Gasteiger partial charge on any atom is -0.507 e. The molecule has 2 rings (SSSR count). The summed E-state index contributed by atoms with van der Waals surface area (Å²) in [5, 5.41) is 14.3. The smallest absolute Gasteiger partial charge is 0.122 e. The highest BCUT2D eigenvalue weighted by Gasteiger charge is 2.25. The average molecular weight is 251 g/mol. The van der Waals surface area contributed by atoms with Gasteiger partial charge in [-0.05, 0) is 31.6 Å². The Hall–Kier alpha value is -0.670. The van der Waals surface area contributed by atoms with Crippen molar-refractivity contribution in [2.24, 2.45) is 0 Å². The van der Waals surface area contributed by atoms with Gasteiger partial charge in [0.2, 0.25) is 0 Å². The first-order chi connectivity index (χ1) is 8.22. The quantitative estimate of drug-likeness (QED) is 0.862. The number of para-hydroxylation sites is 1. The van der Waals surface area contributed by atoms with Crippen molar-refractivity contribution >= 4 is 11.8 Å². The summed E-state index contributed by atoms with van der Waals surface area (Å²) in [4.78, 5) is 0. The molecule has 0 bridgehead atoms. The van der Waals surface area contributed by atoms with Crippen molar-refractivity contribution < 1.29 is 5.11 Å². The lowest BCUT2D eigenvalue weighted by atomic mass is 10.1. The van der Waals surface area contributed by atoms with E-state index in [-0.39, 0.29) is 0 Å². The van der Waals surface area contributed by atoms with Gasteiger partial charge in [-0.1, -0.05) is 24.6 Å². The van der Waals surface area contributed by atoms with Crippen LogP contribution in [0.5, 0.6) is 5.75 Å². The van der Waals surface area contributed by atoms with E-state index in [0.29, 0.717) is 11.8 Å². The van der Waals surface area contributed by atoms with Gasteiger partial charge in [0.1, 0.15) is 5.75 Å². The molecule has 0 saturated heterocycles. The van der Waals surface area contributed by atoms with Crippen molar-refractivity contribution in [1.29, 1.82) is 0 Å². The van der Waals surface area contributed by atoms with E-state index in [0.717, 1.165) is 22.9 Å². The van der Waals surface area contributed by atoms with Crippen molar-refractivity contribution in [2.45, 2.75) is 44.0 Å². The highest BCUT2D eigenvalue weighted by molar-refractivity contribution is 7.99. The van der Waals surface area contributed by atoms with Gasteiger partial charge in [-0.2, -0.15) is 11.8 Å². The summed E-state index contributed by atoms with van der Waals surface area (Å²) < 4.78 is 0. The predicted molar refractivity (Wildman–Crippen MR) is 74.6 cm³/mol. The van der Waals surface area contributed by atoms with Crippen LogP contribution in [0.1, 0.15) is 30.4 Å². The lowest BCUT2D eigenvalue weighted by Crippen LogP contribution is -2.33. The normalized spacial score (nSPS) is 24.1. The Kier molecular flexibility index (Phi) is 4.35. The molecule has 3 heteroatoms. The summed E-state index contributed by atoms with van der Waals surface area (Å²) in [6.45, 7) is 2.72. The van der Waals surface area contributed by atoms with Crippen LogP contribution in [0, 0.1) is 6.92 Å². The molecular formula is C14H21NOS. The van der Waals surface area contributed by atoms with Crippen LogP contribution in [-0.4, -0.2) is 22.7 Å². The van der Waals surface area contributed by atoms with Crippen LogP contribution in [-0.2, 0) is 6.54 Å². The third kappa shape index (κ3) is 2.96. The maximum atomic E-state index is 9.95. The second kappa shape index (κ2) is 5.78. The standard InChI is InChI=1S/C14H21NOS/c1-10-5-3-6-11(14(10)16)9-15-12-7-4-8-13(12)17-2/h3,5-6,12-13,15-16H,4,7-9H2,1-2H3. The lowest BCUT2D eigenvalue weighted by molar-refractivity contribution is 0.453. The number of aromatic hydroxyl groups is 1. The van der Waals surface area contributed by atoms with E-state index in [4.69, 9.17) is 0 Å². The maximum absolute atomic E-state index is 9.95. The predicted octanol–water partition coefficient (Wildman–Crippen LogP) is 3.07. The minimum atomic E-state index is 0.443. The molecule has 1 aliphatic carbocycles. The fourth-order valence-electron chi connectivity index (χ4n) is 2.55. The van der Waals surface area contributed by atoms with Gasteiger partial charge in [0.15, 0.2) is 0 Å². The lowest BCUT2D eigenvalue weighted by Gasteiger charge is -2.19. The Morgan fingerprint density at radius 3 is 3.00 bits per heavy atom. The maximum Gasteiger partial charge on any atom is 0.122 e. The first-order valence-corrected chi connectivity index (χ1v) is 7.55. The van der Waals surface area contributed by atoms with Crippen molar-refractivity contribution in [2.75, 3.05) is 6.26 Å². The molecular weight excluding hydrogens is 230 g/mol. The highest BCUT2D eigenvalue weighted by atomic mass is 32.2. The molecule has 1 aromatic carbocycles. The van der Waals surface area contributed by atoms with Gasteiger partial charge < -0.3 is 10.4 Å². The Labute approximate surface area is 108 Å². The molecule has 1 saturated carbocycles. The molecule has 0 radical (unpaired) electrons.